The van der Waals surface area contributed by atoms with Crippen molar-refractivity contribution in [3.8, 4) is 0 Å². The molecule has 0 bridgehead atoms. The standard InChI is InChI=1S/C7H16Cl2N3O2P/c1-3-6(2)12-14-15(10,13)11-5-4-7(8)9/h7H,3-5H2,1-2H3,(H3,10,11,13)/b12-6+. The molecule has 0 rings (SSSR count). The van der Waals surface area contributed by atoms with Gasteiger partial charge >= 0.3 is 7.67 Å². The van der Waals surface area contributed by atoms with E-state index in [1.165, 1.54) is 0 Å². The van der Waals surface area contributed by atoms with Crippen molar-refractivity contribution in [1.82, 2.24) is 5.09 Å². The number of rotatable bonds is 7. The monoisotopic (exact) mass is 275 g/mol. The number of hydrogen-bond donors (Lipinski definition) is 2. The molecule has 0 amide bonds. The third kappa shape index (κ3) is 9.15. The van der Waals surface area contributed by atoms with Crippen LogP contribution in [0.4, 0.5) is 0 Å². The summed E-state index contributed by atoms with van der Waals surface area (Å²) in [6, 6.07) is 0. The minimum Gasteiger partial charge on any atom is -0.312 e. The second kappa shape index (κ2) is 7.47. The summed E-state index contributed by atoms with van der Waals surface area (Å²) in [6.45, 7) is 3.97. The third-order valence-electron chi connectivity index (χ3n) is 1.52. The zero-order chi connectivity index (χ0) is 11.9. The number of nitrogens with zero attached hydrogens (tertiary/aromatic N) is 1. The molecule has 0 aliphatic carbocycles. The van der Waals surface area contributed by atoms with E-state index in [2.05, 4.69) is 14.9 Å². The molecule has 1 unspecified atom stereocenters. The van der Waals surface area contributed by atoms with E-state index in [1.807, 2.05) is 6.92 Å². The van der Waals surface area contributed by atoms with Gasteiger partial charge in [-0.25, -0.2) is 15.2 Å². The Hall–Kier alpha value is 0.200. The fourth-order valence-electron chi connectivity index (χ4n) is 0.553. The first-order valence-electron chi connectivity index (χ1n) is 4.51. The van der Waals surface area contributed by atoms with Gasteiger partial charge in [0.2, 0.25) is 0 Å². The quantitative estimate of drug-likeness (QED) is 0.324. The smallest absolute Gasteiger partial charge is 0.312 e. The predicted molar refractivity (Wildman–Crippen MR) is 64.4 cm³/mol. The third-order valence-corrected chi connectivity index (χ3v) is 2.95. The predicted octanol–water partition coefficient (Wildman–Crippen LogP) is 2.64. The lowest BCUT2D eigenvalue weighted by Crippen LogP contribution is -2.19. The molecule has 3 N–H and O–H groups in total. The summed E-state index contributed by atoms with van der Waals surface area (Å²) in [5.41, 5.74) is 6.05. The van der Waals surface area contributed by atoms with Crippen LogP contribution in [0.25, 0.3) is 0 Å². The van der Waals surface area contributed by atoms with Crippen molar-refractivity contribution in [3.63, 3.8) is 0 Å². The minimum absolute atomic E-state index is 0.312. The van der Waals surface area contributed by atoms with E-state index in [1.54, 1.807) is 6.92 Å². The van der Waals surface area contributed by atoms with Gasteiger partial charge in [0.05, 0.1) is 5.71 Å². The summed E-state index contributed by atoms with van der Waals surface area (Å²) in [7, 11) is -3.37. The van der Waals surface area contributed by atoms with Crippen LogP contribution in [0.5, 0.6) is 0 Å². The van der Waals surface area contributed by atoms with Gasteiger partial charge in [-0.2, -0.15) is 0 Å². The lowest BCUT2D eigenvalue weighted by atomic mass is 10.3. The zero-order valence-corrected chi connectivity index (χ0v) is 11.1. The molecule has 0 aliphatic heterocycles. The molecule has 0 saturated carbocycles. The normalized spacial score (nSPS) is 16.5. The fraction of sp³-hybridized carbons (Fsp3) is 0.857. The van der Waals surface area contributed by atoms with Crippen LogP contribution in [0.2, 0.25) is 0 Å². The van der Waals surface area contributed by atoms with Crippen LogP contribution in [0.3, 0.4) is 0 Å². The topological polar surface area (TPSA) is 76.7 Å². The van der Waals surface area contributed by atoms with Crippen molar-refractivity contribution in [2.75, 3.05) is 6.54 Å². The lowest BCUT2D eigenvalue weighted by molar-refractivity contribution is 0.324. The Morgan fingerprint density at radius 2 is 2.27 bits per heavy atom. The highest BCUT2D eigenvalue weighted by Gasteiger charge is 2.17. The maximum absolute atomic E-state index is 11.5. The van der Waals surface area contributed by atoms with Gasteiger partial charge in [-0.1, -0.05) is 12.1 Å². The molecule has 0 aromatic carbocycles. The van der Waals surface area contributed by atoms with E-state index in [-0.39, 0.29) is 0 Å². The van der Waals surface area contributed by atoms with Crippen molar-refractivity contribution < 1.29 is 9.19 Å². The van der Waals surface area contributed by atoms with Gasteiger partial charge < -0.3 is 4.62 Å². The lowest BCUT2D eigenvalue weighted by Gasteiger charge is -2.11. The van der Waals surface area contributed by atoms with Crippen LogP contribution < -0.4 is 10.6 Å². The van der Waals surface area contributed by atoms with E-state index < -0.39 is 12.5 Å². The van der Waals surface area contributed by atoms with Crippen LogP contribution in [0.1, 0.15) is 26.7 Å². The van der Waals surface area contributed by atoms with Crippen molar-refractivity contribution >= 4 is 36.6 Å². The maximum Gasteiger partial charge on any atom is 0.408 e. The number of hydrogen-bond acceptors (Lipinski definition) is 3. The Morgan fingerprint density at radius 3 is 2.73 bits per heavy atom. The van der Waals surface area contributed by atoms with Crippen molar-refractivity contribution in [2.24, 2.45) is 10.7 Å². The molecule has 0 saturated heterocycles. The maximum atomic E-state index is 11.5. The molecule has 1 atom stereocenters. The van der Waals surface area contributed by atoms with E-state index >= 15 is 0 Å². The summed E-state index contributed by atoms with van der Waals surface area (Å²) in [5.74, 6) is 0. The van der Waals surface area contributed by atoms with E-state index in [4.69, 9.17) is 28.7 Å². The van der Waals surface area contributed by atoms with Crippen molar-refractivity contribution in [3.05, 3.63) is 0 Å². The molecular formula is C7H16Cl2N3O2P. The first-order valence-corrected chi connectivity index (χ1v) is 7.08. The molecule has 0 heterocycles. The van der Waals surface area contributed by atoms with Gasteiger partial charge in [0.1, 0.15) is 4.84 Å². The van der Waals surface area contributed by atoms with Gasteiger partial charge in [-0.3, -0.25) is 0 Å². The average molecular weight is 276 g/mol. The number of nitrogens with one attached hydrogen (secondary N) is 1. The van der Waals surface area contributed by atoms with E-state index in [0.717, 1.165) is 5.71 Å². The van der Waals surface area contributed by atoms with Gasteiger partial charge in [0.25, 0.3) is 0 Å². The van der Waals surface area contributed by atoms with Crippen LogP contribution in [-0.4, -0.2) is 17.1 Å². The largest absolute Gasteiger partial charge is 0.408 e. The van der Waals surface area contributed by atoms with Crippen LogP contribution in [0.15, 0.2) is 5.16 Å². The molecule has 0 aromatic heterocycles. The zero-order valence-electron chi connectivity index (χ0n) is 8.74. The first-order chi connectivity index (χ1) is 6.87. The van der Waals surface area contributed by atoms with E-state index in [9.17, 15) is 4.57 Å². The summed E-state index contributed by atoms with van der Waals surface area (Å²) in [4.78, 5) is -0.515. The first kappa shape index (κ1) is 15.2. The Balaban J connectivity index is 3.92. The summed E-state index contributed by atoms with van der Waals surface area (Å²) >= 11 is 11.0. The second-order valence-corrected chi connectivity index (χ2v) is 5.90. The Morgan fingerprint density at radius 1 is 1.67 bits per heavy atom. The number of alkyl halides is 2. The van der Waals surface area contributed by atoms with Crippen molar-refractivity contribution in [2.45, 2.75) is 31.5 Å². The number of halogens is 2. The highest BCUT2D eigenvalue weighted by Crippen LogP contribution is 2.32. The summed E-state index contributed by atoms with van der Waals surface area (Å²) in [5, 5.41) is 6.12. The SMILES string of the molecule is CC/C(C)=N/OP(N)(=O)NCCC(Cl)Cl. The molecule has 0 aromatic rings. The molecule has 0 aliphatic rings. The van der Waals surface area contributed by atoms with Gasteiger partial charge in [0.15, 0.2) is 0 Å². The number of nitrogens with two attached hydrogens (primary N) is 1. The van der Waals surface area contributed by atoms with Crippen molar-refractivity contribution in [1.29, 1.82) is 0 Å². The van der Waals surface area contributed by atoms with Crippen LogP contribution in [-0.2, 0) is 9.19 Å². The van der Waals surface area contributed by atoms with E-state index in [0.29, 0.717) is 19.4 Å². The summed E-state index contributed by atoms with van der Waals surface area (Å²) in [6.07, 6.45) is 1.15. The molecule has 90 valence electrons. The molecule has 0 radical (unpaired) electrons. The van der Waals surface area contributed by atoms with Gasteiger partial charge in [0, 0.05) is 6.54 Å². The average Bonchev–Trinajstić information content (AvgIpc) is 2.13. The van der Waals surface area contributed by atoms with Gasteiger partial charge in [-0.05, 0) is 19.8 Å². The molecule has 8 heteroatoms. The Labute approximate surface area is 99.9 Å². The fourth-order valence-corrected chi connectivity index (χ4v) is 1.53. The summed E-state index contributed by atoms with van der Waals surface area (Å²) < 4.78 is 16.2. The van der Waals surface area contributed by atoms with Crippen LogP contribution >= 0.6 is 30.9 Å². The van der Waals surface area contributed by atoms with Crippen LogP contribution in [0, 0.1) is 0 Å². The second-order valence-electron chi connectivity index (χ2n) is 2.95. The molecule has 15 heavy (non-hydrogen) atoms. The molecule has 5 nitrogen and oxygen atoms in total. The molecular weight excluding hydrogens is 260 g/mol. The number of oxime groups is 1. The molecule has 0 fully saturated rings. The van der Waals surface area contributed by atoms with Gasteiger partial charge in [-0.15, -0.1) is 23.2 Å². The Kier molecular flexibility index (Phi) is 7.57. The highest BCUT2D eigenvalue weighted by molar-refractivity contribution is 7.54. The molecule has 0 spiro atoms. The Bertz CT molecular complexity index is 261. The highest BCUT2D eigenvalue weighted by atomic mass is 35.5. The minimum atomic E-state index is -3.37.